The molecule has 1 heterocycles. The Morgan fingerprint density at radius 1 is 1.50 bits per heavy atom. The van der Waals surface area contributed by atoms with Gasteiger partial charge in [0.2, 0.25) is 5.91 Å². The maximum atomic E-state index is 12.0. The van der Waals surface area contributed by atoms with Gasteiger partial charge < -0.3 is 11.1 Å². The van der Waals surface area contributed by atoms with Gasteiger partial charge in [0.25, 0.3) is 0 Å². The predicted octanol–water partition coefficient (Wildman–Crippen LogP) is 3.08. The molecule has 3 nitrogen and oxygen atoms in total. The summed E-state index contributed by atoms with van der Waals surface area (Å²) in [5.74, 6) is 0.335. The summed E-state index contributed by atoms with van der Waals surface area (Å²) in [5, 5.41) is 5.11. The molecule has 0 fully saturated rings. The van der Waals surface area contributed by atoms with E-state index < -0.39 is 0 Å². The van der Waals surface area contributed by atoms with Gasteiger partial charge in [-0.2, -0.15) is 0 Å². The van der Waals surface area contributed by atoms with E-state index in [1.54, 1.807) is 11.3 Å². The Hall–Kier alpha value is -0.870. The molecule has 0 aromatic carbocycles. The van der Waals surface area contributed by atoms with Crippen LogP contribution >= 0.6 is 11.3 Å². The zero-order valence-electron chi connectivity index (χ0n) is 11.5. The van der Waals surface area contributed by atoms with E-state index in [0.717, 1.165) is 19.3 Å². The molecular weight excluding hydrogens is 244 g/mol. The first kappa shape index (κ1) is 15.2. The molecule has 0 aliphatic heterocycles. The number of hydrogen-bond acceptors (Lipinski definition) is 3. The molecule has 0 bridgehead atoms. The molecule has 0 spiro atoms. The SMILES string of the molecule is CCCCC(N)C(=O)NC(c1cccs1)C(C)C. The monoisotopic (exact) mass is 268 g/mol. The highest BCUT2D eigenvalue weighted by Gasteiger charge is 2.22. The highest BCUT2D eigenvalue weighted by molar-refractivity contribution is 7.10. The van der Waals surface area contributed by atoms with Crippen LogP contribution in [0.5, 0.6) is 0 Å². The second-order valence-corrected chi connectivity index (χ2v) is 5.97. The zero-order chi connectivity index (χ0) is 13.5. The number of carbonyl (C=O) groups excluding carboxylic acids is 1. The van der Waals surface area contributed by atoms with Crippen LogP contribution in [0, 0.1) is 5.92 Å². The summed E-state index contributed by atoms with van der Waals surface area (Å²) in [4.78, 5) is 13.2. The lowest BCUT2D eigenvalue weighted by molar-refractivity contribution is -0.123. The molecular formula is C14H24N2OS. The summed E-state index contributed by atoms with van der Waals surface area (Å²) >= 11 is 1.68. The molecule has 2 unspecified atom stereocenters. The van der Waals surface area contributed by atoms with Crippen molar-refractivity contribution in [1.82, 2.24) is 5.32 Å². The summed E-state index contributed by atoms with van der Waals surface area (Å²) in [5.41, 5.74) is 5.90. The highest BCUT2D eigenvalue weighted by Crippen LogP contribution is 2.25. The third kappa shape index (κ3) is 4.42. The fourth-order valence-electron chi connectivity index (χ4n) is 1.85. The van der Waals surface area contributed by atoms with E-state index in [1.807, 2.05) is 11.4 Å². The molecule has 0 aliphatic carbocycles. The standard InChI is InChI=1S/C14H24N2OS/c1-4-5-7-11(15)14(17)16-13(10(2)3)12-8-6-9-18-12/h6,8-11,13H,4-5,7,15H2,1-3H3,(H,16,17). The average molecular weight is 268 g/mol. The fraction of sp³-hybridized carbons (Fsp3) is 0.643. The van der Waals surface area contributed by atoms with E-state index in [1.165, 1.54) is 4.88 Å². The normalized spacial score (nSPS) is 14.5. The second kappa shape index (κ2) is 7.54. The Kier molecular flexibility index (Phi) is 6.36. The fourth-order valence-corrected chi connectivity index (χ4v) is 2.80. The third-order valence-corrected chi connectivity index (χ3v) is 3.97. The van der Waals surface area contributed by atoms with E-state index >= 15 is 0 Å². The first-order valence-electron chi connectivity index (χ1n) is 6.65. The first-order valence-corrected chi connectivity index (χ1v) is 7.53. The number of thiophene rings is 1. The van der Waals surface area contributed by atoms with Crippen LogP contribution in [-0.4, -0.2) is 11.9 Å². The molecule has 0 aliphatic rings. The van der Waals surface area contributed by atoms with Crippen LogP contribution in [0.4, 0.5) is 0 Å². The van der Waals surface area contributed by atoms with Crippen LogP contribution in [-0.2, 0) is 4.79 Å². The minimum atomic E-state index is -0.383. The molecule has 1 aromatic heterocycles. The van der Waals surface area contributed by atoms with E-state index in [9.17, 15) is 4.79 Å². The minimum Gasteiger partial charge on any atom is -0.347 e. The Bertz CT molecular complexity index is 349. The van der Waals surface area contributed by atoms with E-state index in [0.29, 0.717) is 5.92 Å². The van der Waals surface area contributed by atoms with Crippen molar-refractivity contribution in [2.45, 2.75) is 52.1 Å². The number of carbonyl (C=O) groups is 1. The second-order valence-electron chi connectivity index (χ2n) is 4.99. The van der Waals surface area contributed by atoms with Gasteiger partial charge in [0.1, 0.15) is 0 Å². The van der Waals surface area contributed by atoms with E-state index in [2.05, 4.69) is 32.2 Å². The average Bonchev–Trinajstić information content (AvgIpc) is 2.85. The van der Waals surface area contributed by atoms with Crippen LogP contribution in [0.3, 0.4) is 0 Å². The number of rotatable bonds is 7. The van der Waals surface area contributed by atoms with Crippen molar-refractivity contribution in [2.75, 3.05) is 0 Å². The highest BCUT2D eigenvalue weighted by atomic mass is 32.1. The van der Waals surface area contributed by atoms with Crippen molar-refractivity contribution in [3.05, 3.63) is 22.4 Å². The van der Waals surface area contributed by atoms with Crippen LogP contribution in [0.1, 0.15) is 51.0 Å². The summed E-state index contributed by atoms with van der Waals surface area (Å²) in [7, 11) is 0. The van der Waals surface area contributed by atoms with Crippen molar-refractivity contribution in [1.29, 1.82) is 0 Å². The van der Waals surface area contributed by atoms with Crippen LogP contribution in [0.2, 0.25) is 0 Å². The molecule has 1 amide bonds. The molecule has 0 saturated heterocycles. The number of amides is 1. The number of unbranched alkanes of at least 4 members (excludes halogenated alkanes) is 1. The van der Waals surface area contributed by atoms with Gasteiger partial charge >= 0.3 is 0 Å². The molecule has 1 rings (SSSR count). The van der Waals surface area contributed by atoms with Crippen molar-refractivity contribution >= 4 is 17.2 Å². The van der Waals surface area contributed by atoms with Gasteiger partial charge in [-0.15, -0.1) is 11.3 Å². The van der Waals surface area contributed by atoms with Crippen molar-refractivity contribution < 1.29 is 4.79 Å². The quantitative estimate of drug-likeness (QED) is 0.798. The van der Waals surface area contributed by atoms with Gasteiger partial charge in [0.05, 0.1) is 12.1 Å². The van der Waals surface area contributed by atoms with E-state index in [4.69, 9.17) is 5.73 Å². The Balaban J connectivity index is 2.59. The summed E-state index contributed by atoms with van der Waals surface area (Å²) in [6, 6.07) is 3.77. The lowest BCUT2D eigenvalue weighted by Gasteiger charge is -2.23. The number of nitrogens with one attached hydrogen (secondary N) is 1. The Morgan fingerprint density at radius 2 is 2.22 bits per heavy atom. The van der Waals surface area contributed by atoms with E-state index in [-0.39, 0.29) is 18.0 Å². The zero-order valence-corrected chi connectivity index (χ0v) is 12.3. The topological polar surface area (TPSA) is 55.1 Å². The molecule has 0 radical (unpaired) electrons. The van der Waals surface area contributed by atoms with Crippen molar-refractivity contribution in [3.8, 4) is 0 Å². The van der Waals surface area contributed by atoms with Crippen LogP contribution in [0.25, 0.3) is 0 Å². The lowest BCUT2D eigenvalue weighted by Crippen LogP contribution is -2.43. The van der Waals surface area contributed by atoms with Crippen LogP contribution in [0.15, 0.2) is 17.5 Å². The lowest BCUT2D eigenvalue weighted by atomic mass is 10.0. The molecule has 2 atom stereocenters. The van der Waals surface area contributed by atoms with Gasteiger partial charge in [-0.3, -0.25) is 4.79 Å². The largest absolute Gasteiger partial charge is 0.347 e. The summed E-state index contributed by atoms with van der Waals surface area (Å²) in [6.07, 6.45) is 2.83. The van der Waals surface area contributed by atoms with Crippen molar-refractivity contribution in [3.63, 3.8) is 0 Å². The minimum absolute atomic E-state index is 0.0319. The molecule has 4 heteroatoms. The summed E-state index contributed by atoms with van der Waals surface area (Å²) < 4.78 is 0. The maximum absolute atomic E-state index is 12.0. The number of nitrogens with two attached hydrogens (primary N) is 1. The van der Waals surface area contributed by atoms with Gasteiger partial charge in [-0.25, -0.2) is 0 Å². The molecule has 0 saturated carbocycles. The van der Waals surface area contributed by atoms with Gasteiger partial charge in [-0.1, -0.05) is 39.7 Å². The Labute approximate surface area is 114 Å². The summed E-state index contributed by atoms with van der Waals surface area (Å²) in [6.45, 7) is 6.33. The molecule has 18 heavy (non-hydrogen) atoms. The molecule has 3 N–H and O–H groups in total. The van der Waals surface area contributed by atoms with Gasteiger partial charge in [0, 0.05) is 4.88 Å². The Morgan fingerprint density at radius 3 is 2.72 bits per heavy atom. The van der Waals surface area contributed by atoms with Gasteiger partial charge in [0.15, 0.2) is 0 Å². The smallest absolute Gasteiger partial charge is 0.237 e. The van der Waals surface area contributed by atoms with Crippen LogP contribution < -0.4 is 11.1 Å². The predicted molar refractivity (Wildman–Crippen MR) is 77.5 cm³/mol. The molecule has 102 valence electrons. The first-order chi connectivity index (χ1) is 8.56. The molecule has 1 aromatic rings. The van der Waals surface area contributed by atoms with Gasteiger partial charge in [-0.05, 0) is 23.8 Å². The number of hydrogen-bond donors (Lipinski definition) is 2. The van der Waals surface area contributed by atoms with Crippen molar-refractivity contribution in [2.24, 2.45) is 11.7 Å². The maximum Gasteiger partial charge on any atom is 0.237 e. The third-order valence-electron chi connectivity index (χ3n) is 3.02.